The van der Waals surface area contributed by atoms with Crippen molar-refractivity contribution in [2.75, 3.05) is 6.61 Å². The van der Waals surface area contributed by atoms with E-state index in [1.165, 1.54) is 0 Å². The van der Waals surface area contributed by atoms with E-state index in [1.54, 1.807) is 0 Å². The lowest BCUT2D eigenvalue weighted by atomic mass is 9.93. The lowest BCUT2D eigenvalue weighted by Gasteiger charge is -2.28. The van der Waals surface area contributed by atoms with Gasteiger partial charge < -0.3 is 14.8 Å². The van der Waals surface area contributed by atoms with Crippen molar-refractivity contribution in [3.8, 4) is 0 Å². The zero-order chi connectivity index (χ0) is 19.6. The molecule has 28 heavy (non-hydrogen) atoms. The Bertz CT molecular complexity index is 756. The predicted molar refractivity (Wildman–Crippen MR) is 115 cm³/mol. The molecule has 0 radical (unpaired) electrons. The van der Waals surface area contributed by atoms with Crippen LogP contribution in [0.3, 0.4) is 0 Å². The second kappa shape index (κ2) is 11.0. The molecule has 1 aliphatic rings. The summed E-state index contributed by atoms with van der Waals surface area (Å²) in [6, 6.07) is 20.0. The quantitative estimate of drug-likeness (QED) is 0.598. The number of hydrogen-bond donors (Lipinski definition) is 1. The van der Waals surface area contributed by atoms with Crippen molar-refractivity contribution in [2.24, 2.45) is 0 Å². The van der Waals surface area contributed by atoms with E-state index < -0.39 is 0 Å². The van der Waals surface area contributed by atoms with Crippen molar-refractivity contribution < 1.29 is 14.3 Å². The summed E-state index contributed by atoms with van der Waals surface area (Å²) in [5.74, 6) is 0. The van der Waals surface area contributed by atoms with E-state index in [9.17, 15) is 4.79 Å². The number of carbonyl (C=O) groups excluding carboxylic acids is 1. The first-order valence-electron chi connectivity index (χ1n) is 9.69. The average Bonchev–Trinajstić information content (AvgIpc) is 2.73. The molecular weight excluding hydrogens is 418 g/mol. The highest BCUT2D eigenvalue weighted by atomic mass is 79.9. The largest absolute Gasteiger partial charge is 0.445 e. The Balaban J connectivity index is 1.33. The monoisotopic (exact) mass is 443 g/mol. The van der Waals surface area contributed by atoms with E-state index in [-0.39, 0.29) is 18.2 Å². The Kier molecular flexibility index (Phi) is 8.12. The maximum Gasteiger partial charge on any atom is 0.407 e. The van der Waals surface area contributed by atoms with Crippen LogP contribution in [0.25, 0.3) is 6.08 Å². The Morgan fingerprint density at radius 2 is 1.64 bits per heavy atom. The lowest BCUT2D eigenvalue weighted by Crippen LogP contribution is -2.39. The number of rotatable bonds is 7. The molecule has 1 fully saturated rings. The van der Waals surface area contributed by atoms with Crippen molar-refractivity contribution in [3.63, 3.8) is 0 Å². The van der Waals surface area contributed by atoms with E-state index in [4.69, 9.17) is 9.47 Å². The highest BCUT2D eigenvalue weighted by Crippen LogP contribution is 2.23. The molecule has 4 nitrogen and oxygen atoms in total. The van der Waals surface area contributed by atoms with Crippen molar-refractivity contribution in [2.45, 2.75) is 44.4 Å². The second-order valence-electron chi connectivity index (χ2n) is 6.99. The minimum absolute atomic E-state index is 0.159. The smallest absolute Gasteiger partial charge is 0.407 e. The van der Waals surface area contributed by atoms with Gasteiger partial charge in [0.05, 0.1) is 12.7 Å². The number of nitrogens with one attached hydrogen (secondary N) is 1. The Hall–Kier alpha value is -2.11. The summed E-state index contributed by atoms with van der Waals surface area (Å²) in [5, 5.41) is 2.97. The topological polar surface area (TPSA) is 47.6 Å². The fourth-order valence-corrected chi connectivity index (χ4v) is 3.67. The van der Waals surface area contributed by atoms with Crippen molar-refractivity contribution in [3.05, 3.63) is 76.3 Å². The van der Waals surface area contributed by atoms with Gasteiger partial charge in [0.1, 0.15) is 6.61 Å². The van der Waals surface area contributed by atoms with Crippen LogP contribution in [0.2, 0.25) is 0 Å². The van der Waals surface area contributed by atoms with Gasteiger partial charge in [0.25, 0.3) is 0 Å². The third-order valence-corrected chi connectivity index (χ3v) is 5.25. The van der Waals surface area contributed by atoms with Gasteiger partial charge in [-0.15, -0.1) is 0 Å². The van der Waals surface area contributed by atoms with Crippen LogP contribution < -0.4 is 5.32 Å². The van der Waals surface area contributed by atoms with E-state index >= 15 is 0 Å². The summed E-state index contributed by atoms with van der Waals surface area (Å²) < 4.78 is 12.3. The maximum atomic E-state index is 12.0. The number of alkyl carbamates (subject to hydrolysis) is 1. The lowest BCUT2D eigenvalue weighted by molar-refractivity contribution is 0.0380. The average molecular weight is 444 g/mol. The van der Waals surface area contributed by atoms with Gasteiger partial charge in [-0.3, -0.25) is 0 Å². The first-order chi connectivity index (χ1) is 13.7. The van der Waals surface area contributed by atoms with Gasteiger partial charge in [0.2, 0.25) is 0 Å². The number of amides is 1. The van der Waals surface area contributed by atoms with E-state index in [0.29, 0.717) is 13.2 Å². The zero-order valence-electron chi connectivity index (χ0n) is 15.9. The fourth-order valence-electron chi connectivity index (χ4n) is 3.27. The standard InChI is InChI=1S/C23H26BrNO3/c24-20(15-18-7-3-1-4-8-18)17-27-22-13-11-21(12-14-22)25-23(26)28-16-19-9-5-2-6-10-19/h1-10,15,21-22H,11-14,16-17H2,(H,25,26)/b20-15-/t21-,22-. The maximum absolute atomic E-state index is 12.0. The van der Waals surface area contributed by atoms with Crippen LogP contribution in [0.15, 0.2) is 65.1 Å². The molecule has 1 saturated carbocycles. The van der Waals surface area contributed by atoms with E-state index in [2.05, 4.69) is 39.5 Å². The van der Waals surface area contributed by atoms with Crippen LogP contribution >= 0.6 is 15.9 Å². The number of halogens is 1. The molecule has 3 rings (SSSR count). The molecule has 2 aromatic carbocycles. The van der Waals surface area contributed by atoms with Gasteiger partial charge in [-0.1, -0.05) is 76.6 Å². The van der Waals surface area contributed by atoms with Crippen molar-refractivity contribution >= 4 is 28.1 Å². The number of ether oxygens (including phenoxy) is 2. The third kappa shape index (κ3) is 7.13. The second-order valence-corrected chi connectivity index (χ2v) is 8.01. The van der Waals surface area contributed by atoms with Gasteiger partial charge in [-0.05, 0) is 42.9 Å². The SMILES string of the molecule is O=C(N[C@H]1CC[C@H](OC/C(Br)=C/c2ccccc2)CC1)OCc1ccccc1. The third-order valence-electron chi connectivity index (χ3n) is 4.79. The Morgan fingerprint density at radius 3 is 2.32 bits per heavy atom. The van der Waals surface area contributed by atoms with Gasteiger partial charge >= 0.3 is 6.09 Å². The summed E-state index contributed by atoms with van der Waals surface area (Å²) >= 11 is 3.59. The molecule has 0 aromatic heterocycles. The summed E-state index contributed by atoms with van der Waals surface area (Å²) in [5.41, 5.74) is 2.14. The molecule has 0 heterocycles. The molecule has 5 heteroatoms. The molecule has 2 aromatic rings. The first kappa shape index (κ1) is 20.6. The molecule has 148 valence electrons. The molecular formula is C23H26BrNO3. The summed E-state index contributed by atoms with van der Waals surface area (Å²) in [7, 11) is 0. The molecule has 1 N–H and O–H groups in total. The van der Waals surface area contributed by atoms with Gasteiger partial charge in [-0.2, -0.15) is 0 Å². The molecule has 1 amide bonds. The molecule has 0 unspecified atom stereocenters. The Labute approximate surface area is 175 Å². The Morgan fingerprint density at radius 1 is 1.00 bits per heavy atom. The molecule has 0 spiro atoms. The summed E-state index contributed by atoms with van der Waals surface area (Å²) in [4.78, 5) is 12.0. The minimum Gasteiger partial charge on any atom is -0.445 e. The first-order valence-corrected chi connectivity index (χ1v) is 10.5. The van der Waals surface area contributed by atoms with Crippen molar-refractivity contribution in [1.29, 1.82) is 0 Å². The predicted octanol–water partition coefficient (Wildman–Crippen LogP) is 5.68. The molecule has 1 aliphatic carbocycles. The minimum atomic E-state index is -0.346. The van der Waals surface area contributed by atoms with Crippen LogP contribution in [-0.2, 0) is 16.1 Å². The van der Waals surface area contributed by atoms with Gasteiger partial charge in [-0.25, -0.2) is 4.79 Å². The normalized spacial score (nSPS) is 19.8. The van der Waals surface area contributed by atoms with Gasteiger partial charge in [0.15, 0.2) is 0 Å². The zero-order valence-corrected chi connectivity index (χ0v) is 17.4. The molecule has 0 bridgehead atoms. The van der Waals surface area contributed by atoms with Gasteiger partial charge in [0, 0.05) is 10.5 Å². The fraction of sp³-hybridized carbons (Fsp3) is 0.348. The number of hydrogen-bond acceptors (Lipinski definition) is 3. The molecule has 0 saturated heterocycles. The van der Waals surface area contributed by atoms with E-state index in [0.717, 1.165) is 41.3 Å². The van der Waals surface area contributed by atoms with Crippen LogP contribution in [0.4, 0.5) is 4.79 Å². The van der Waals surface area contributed by atoms with Crippen LogP contribution in [0.5, 0.6) is 0 Å². The summed E-state index contributed by atoms with van der Waals surface area (Å²) in [6.07, 6.45) is 5.66. The highest BCUT2D eigenvalue weighted by Gasteiger charge is 2.23. The summed E-state index contributed by atoms with van der Waals surface area (Å²) in [6.45, 7) is 0.865. The number of carbonyl (C=O) groups is 1. The molecule has 0 atom stereocenters. The highest BCUT2D eigenvalue weighted by molar-refractivity contribution is 9.11. The number of benzene rings is 2. The van der Waals surface area contributed by atoms with E-state index in [1.807, 2.05) is 48.5 Å². The van der Waals surface area contributed by atoms with Crippen LogP contribution in [0, 0.1) is 0 Å². The van der Waals surface area contributed by atoms with Crippen molar-refractivity contribution in [1.82, 2.24) is 5.32 Å². The van der Waals surface area contributed by atoms with Crippen LogP contribution in [-0.4, -0.2) is 24.8 Å². The van der Waals surface area contributed by atoms with Crippen LogP contribution in [0.1, 0.15) is 36.8 Å². The molecule has 0 aliphatic heterocycles.